The molecule has 1 heterocycles. The zero-order chi connectivity index (χ0) is 19.6. The summed E-state index contributed by atoms with van der Waals surface area (Å²) in [5.41, 5.74) is 1.02. The molecule has 8 heteroatoms. The van der Waals surface area contributed by atoms with Gasteiger partial charge >= 0.3 is 5.97 Å². The maximum Gasteiger partial charge on any atom is 0.306 e. The molecule has 2 aromatic rings. The molecule has 0 aromatic heterocycles. The lowest BCUT2D eigenvalue weighted by molar-refractivity contribution is -0.137. The molecule has 3 rings (SSSR count). The van der Waals surface area contributed by atoms with Crippen molar-refractivity contribution >= 4 is 39.3 Å². The number of Topliss-reactive ketones (excluding diaryl/α,β-unsaturated/α-hetero) is 1. The lowest BCUT2D eigenvalue weighted by atomic mass is 9.95. The summed E-state index contributed by atoms with van der Waals surface area (Å²) in [5.74, 6) is 0.226. The average molecular weight is 456 g/mol. The highest BCUT2D eigenvalue weighted by molar-refractivity contribution is 9.10. The number of carboxylic acids is 1. The summed E-state index contributed by atoms with van der Waals surface area (Å²) in [6.07, 6.45) is -0.679. The van der Waals surface area contributed by atoms with Gasteiger partial charge in [0.1, 0.15) is 23.4 Å². The van der Waals surface area contributed by atoms with Gasteiger partial charge in [-0.1, -0.05) is 17.7 Å². The SMILES string of the molecule is COc1cc(C2CC(=O)c3cccc(Cl)c3O2)c(OCCC(=O)O)cc1Br. The second-order valence-corrected chi connectivity index (χ2v) is 7.13. The Morgan fingerprint density at radius 1 is 1.37 bits per heavy atom. The third-order valence-electron chi connectivity index (χ3n) is 4.10. The molecular weight excluding hydrogens is 440 g/mol. The van der Waals surface area contributed by atoms with Crippen molar-refractivity contribution < 1.29 is 28.9 Å². The lowest BCUT2D eigenvalue weighted by Gasteiger charge is -2.28. The van der Waals surface area contributed by atoms with Crippen molar-refractivity contribution in [2.45, 2.75) is 18.9 Å². The molecule has 0 bridgehead atoms. The molecule has 6 nitrogen and oxygen atoms in total. The minimum atomic E-state index is -0.964. The maximum atomic E-state index is 12.6. The molecule has 0 saturated carbocycles. The fraction of sp³-hybridized carbons (Fsp3) is 0.263. The normalized spacial score (nSPS) is 15.7. The second kappa shape index (κ2) is 8.19. The summed E-state index contributed by atoms with van der Waals surface area (Å²) in [4.78, 5) is 23.3. The Hall–Kier alpha value is -2.25. The number of aliphatic carboxylic acids is 1. The predicted octanol–water partition coefficient (Wildman–Crippen LogP) is 4.67. The van der Waals surface area contributed by atoms with E-state index < -0.39 is 12.1 Å². The first kappa shape index (κ1) is 19.5. The summed E-state index contributed by atoms with van der Waals surface area (Å²) >= 11 is 9.58. The van der Waals surface area contributed by atoms with Gasteiger partial charge in [-0.05, 0) is 40.2 Å². The Morgan fingerprint density at radius 2 is 2.15 bits per heavy atom. The number of rotatable bonds is 6. The first-order valence-electron chi connectivity index (χ1n) is 8.11. The molecule has 1 aliphatic rings. The van der Waals surface area contributed by atoms with Crippen LogP contribution in [0.15, 0.2) is 34.8 Å². The van der Waals surface area contributed by atoms with E-state index in [1.54, 1.807) is 30.3 Å². The zero-order valence-corrected chi connectivity index (χ0v) is 16.7. The fourth-order valence-corrected chi connectivity index (χ4v) is 3.52. The van der Waals surface area contributed by atoms with Crippen LogP contribution in [0.3, 0.4) is 0 Å². The van der Waals surface area contributed by atoms with Gasteiger partial charge in [0.25, 0.3) is 0 Å². The van der Waals surface area contributed by atoms with E-state index in [4.69, 9.17) is 30.9 Å². The van der Waals surface area contributed by atoms with E-state index in [1.807, 2.05) is 0 Å². The maximum absolute atomic E-state index is 12.6. The molecule has 0 aliphatic carbocycles. The minimum absolute atomic E-state index is 0.0148. The first-order valence-corrected chi connectivity index (χ1v) is 9.28. The topological polar surface area (TPSA) is 82.1 Å². The van der Waals surface area contributed by atoms with Crippen molar-refractivity contribution in [3.8, 4) is 17.2 Å². The van der Waals surface area contributed by atoms with Crippen LogP contribution in [0.1, 0.15) is 34.9 Å². The Morgan fingerprint density at radius 3 is 2.85 bits per heavy atom. The molecule has 142 valence electrons. The molecule has 1 atom stereocenters. The van der Waals surface area contributed by atoms with Gasteiger partial charge in [-0.2, -0.15) is 0 Å². The van der Waals surface area contributed by atoms with E-state index in [2.05, 4.69) is 15.9 Å². The minimum Gasteiger partial charge on any atom is -0.496 e. The van der Waals surface area contributed by atoms with Crippen molar-refractivity contribution in [3.63, 3.8) is 0 Å². The highest BCUT2D eigenvalue weighted by atomic mass is 79.9. The lowest BCUT2D eigenvalue weighted by Crippen LogP contribution is -2.21. The van der Waals surface area contributed by atoms with Crippen LogP contribution >= 0.6 is 27.5 Å². The van der Waals surface area contributed by atoms with Crippen LogP contribution in [0.2, 0.25) is 5.02 Å². The Labute approximate surface area is 169 Å². The summed E-state index contributed by atoms with van der Waals surface area (Å²) in [7, 11) is 1.52. The number of ketones is 1. The van der Waals surface area contributed by atoms with Gasteiger partial charge in [-0.3, -0.25) is 9.59 Å². The molecule has 0 saturated heterocycles. The van der Waals surface area contributed by atoms with Crippen LogP contribution < -0.4 is 14.2 Å². The van der Waals surface area contributed by atoms with Gasteiger partial charge in [0.05, 0.1) is 41.6 Å². The van der Waals surface area contributed by atoms with Gasteiger partial charge in [0.15, 0.2) is 5.78 Å². The van der Waals surface area contributed by atoms with E-state index in [1.165, 1.54) is 7.11 Å². The van der Waals surface area contributed by atoms with E-state index in [-0.39, 0.29) is 25.2 Å². The Balaban J connectivity index is 1.98. The largest absolute Gasteiger partial charge is 0.496 e. The van der Waals surface area contributed by atoms with Crippen LogP contribution in [-0.2, 0) is 4.79 Å². The number of carbonyl (C=O) groups excluding carboxylic acids is 1. The van der Waals surface area contributed by atoms with Crippen LogP contribution in [0.4, 0.5) is 0 Å². The summed E-state index contributed by atoms with van der Waals surface area (Å²) in [5, 5.41) is 9.18. The Bertz CT molecular complexity index is 898. The standard InChI is InChI=1S/C19H16BrClO6/c1-25-17-7-11(15(8-12(17)20)26-6-5-18(23)24)16-9-14(22)10-3-2-4-13(21)19(10)27-16/h2-4,7-8,16H,5-6,9H2,1H3,(H,23,24). The third kappa shape index (κ3) is 4.20. The summed E-state index contributed by atoms with van der Waals surface area (Å²) < 4.78 is 17.6. The van der Waals surface area contributed by atoms with Crippen LogP contribution in [0, 0.1) is 0 Å². The number of benzene rings is 2. The Kier molecular flexibility index (Phi) is 5.92. The monoisotopic (exact) mass is 454 g/mol. The number of hydrogen-bond donors (Lipinski definition) is 1. The number of methoxy groups -OCH3 is 1. The second-order valence-electron chi connectivity index (χ2n) is 5.87. The van der Waals surface area contributed by atoms with Crippen molar-refractivity contribution in [1.29, 1.82) is 0 Å². The van der Waals surface area contributed by atoms with E-state index >= 15 is 0 Å². The number of para-hydroxylation sites is 1. The molecule has 0 amide bonds. The third-order valence-corrected chi connectivity index (χ3v) is 5.02. The van der Waals surface area contributed by atoms with Crippen LogP contribution in [0.5, 0.6) is 17.2 Å². The van der Waals surface area contributed by atoms with Gasteiger partial charge in [0, 0.05) is 5.56 Å². The van der Waals surface area contributed by atoms with Gasteiger partial charge < -0.3 is 19.3 Å². The first-order chi connectivity index (χ1) is 12.9. The van der Waals surface area contributed by atoms with Crippen LogP contribution in [0.25, 0.3) is 0 Å². The summed E-state index contributed by atoms with van der Waals surface area (Å²) in [6, 6.07) is 8.41. The quantitative estimate of drug-likeness (QED) is 0.681. The number of carbonyl (C=O) groups is 2. The molecule has 1 aliphatic heterocycles. The van der Waals surface area contributed by atoms with Gasteiger partial charge in [-0.15, -0.1) is 0 Å². The molecule has 0 spiro atoms. The molecule has 0 fully saturated rings. The fourth-order valence-electron chi connectivity index (χ4n) is 2.82. The van der Waals surface area contributed by atoms with Crippen molar-refractivity contribution in [2.24, 2.45) is 0 Å². The van der Waals surface area contributed by atoms with E-state index in [9.17, 15) is 9.59 Å². The molecular formula is C19H16BrClO6. The number of ether oxygens (including phenoxy) is 3. The smallest absolute Gasteiger partial charge is 0.306 e. The molecule has 1 unspecified atom stereocenters. The molecule has 0 radical (unpaired) electrons. The number of carboxylic acid groups (broad SMARTS) is 1. The van der Waals surface area contributed by atoms with Crippen molar-refractivity contribution in [1.82, 2.24) is 0 Å². The number of halogens is 2. The summed E-state index contributed by atoms with van der Waals surface area (Å²) in [6.45, 7) is -0.0148. The molecule has 27 heavy (non-hydrogen) atoms. The van der Waals surface area contributed by atoms with Crippen molar-refractivity contribution in [2.75, 3.05) is 13.7 Å². The van der Waals surface area contributed by atoms with Crippen molar-refractivity contribution in [3.05, 3.63) is 51.0 Å². The van der Waals surface area contributed by atoms with Gasteiger partial charge in [0.2, 0.25) is 0 Å². The highest BCUT2D eigenvalue weighted by Gasteiger charge is 2.31. The number of fused-ring (bicyclic) bond motifs is 1. The van der Waals surface area contributed by atoms with Gasteiger partial charge in [-0.25, -0.2) is 0 Å². The predicted molar refractivity (Wildman–Crippen MR) is 102 cm³/mol. The zero-order valence-electron chi connectivity index (χ0n) is 14.3. The van der Waals surface area contributed by atoms with Crippen LogP contribution in [-0.4, -0.2) is 30.6 Å². The molecule has 1 N–H and O–H groups in total. The van der Waals surface area contributed by atoms with E-state index in [0.717, 1.165) is 0 Å². The average Bonchev–Trinajstić information content (AvgIpc) is 2.62. The molecule has 2 aromatic carbocycles. The van der Waals surface area contributed by atoms with E-state index in [0.29, 0.717) is 37.9 Å². The number of hydrogen-bond acceptors (Lipinski definition) is 5. The highest BCUT2D eigenvalue weighted by Crippen LogP contribution is 2.44.